The number of allylic oxidation sites excluding steroid dienone is 2. The van der Waals surface area contributed by atoms with Crippen molar-refractivity contribution >= 4 is 0 Å². The maximum Gasteiger partial charge on any atom is 0.204 e. The topological polar surface area (TPSA) is 0 Å². The highest BCUT2D eigenvalue weighted by molar-refractivity contribution is 5.27. The molecule has 24 heavy (non-hydrogen) atoms. The van der Waals surface area contributed by atoms with Crippen LogP contribution in [0.15, 0.2) is 11.7 Å². The van der Waals surface area contributed by atoms with Gasteiger partial charge in [-0.15, -0.1) is 0 Å². The van der Waals surface area contributed by atoms with Crippen molar-refractivity contribution in [2.45, 2.75) is 90.9 Å². The quantitative estimate of drug-likeness (QED) is 0.460. The largest absolute Gasteiger partial charge is 0.208 e. The van der Waals surface area contributed by atoms with Gasteiger partial charge in [0.1, 0.15) is 5.83 Å². The molecule has 0 aromatic heterocycles. The third-order valence-electron chi connectivity index (χ3n) is 6.04. The fourth-order valence-corrected chi connectivity index (χ4v) is 4.52. The molecule has 0 nitrogen and oxygen atoms in total. The average molecular weight is 337 g/mol. The van der Waals surface area contributed by atoms with Gasteiger partial charge in [-0.1, -0.05) is 45.5 Å². The van der Waals surface area contributed by atoms with Gasteiger partial charge in [0.05, 0.1) is 0 Å². The molecule has 0 unspecified atom stereocenters. The molecule has 136 valence electrons. The molecular formula is C22H34F2. The monoisotopic (exact) mass is 336 g/mol. The second-order valence-corrected chi connectivity index (χ2v) is 7.94. The zero-order chi connectivity index (χ0) is 17.4. The first kappa shape index (κ1) is 19.5. The van der Waals surface area contributed by atoms with E-state index in [1.54, 1.807) is 0 Å². The molecule has 2 saturated carbocycles. The Morgan fingerprint density at radius 2 is 1.29 bits per heavy atom. The van der Waals surface area contributed by atoms with Gasteiger partial charge in [0, 0.05) is 11.8 Å². The number of hydrogen-bond acceptors (Lipinski definition) is 0. The first-order valence-electron chi connectivity index (χ1n) is 10.2. The van der Waals surface area contributed by atoms with Gasteiger partial charge >= 0.3 is 0 Å². The summed E-state index contributed by atoms with van der Waals surface area (Å²) in [6.45, 7) is 4.42. The molecule has 0 amide bonds. The molecule has 2 fully saturated rings. The lowest BCUT2D eigenvalue weighted by atomic mass is 9.79. The number of rotatable bonds is 5. The van der Waals surface area contributed by atoms with E-state index >= 15 is 0 Å². The summed E-state index contributed by atoms with van der Waals surface area (Å²) in [6.07, 6.45) is 13.1. The molecular weight excluding hydrogens is 302 g/mol. The number of hydrogen-bond donors (Lipinski definition) is 0. The molecule has 2 heteroatoms. The Hall–Kier alpha value is -0.840. The fourth-order valence-electron chi connectivity index (χ4n) is 4.52. The van der Waals surface area contributed by atoms with Crippen LogP contribution < -0.4 is 0 Å². The molecule has 0 aromatic rings. The molecule has 0 N–H and O–H groups in total. The summed E-state index contributed by atoms with van der Waals surface area (Å²) in [7, 11) is 0. The van der Waals surface area contributed by atoms with Gasteiger partial charge in [0.15, 0.2) is 0 Å². The van der Waals surface area contributed by atoms with E-state index in [1.807, 2.05) is 0 Å². The van der Waals surface area contributed by atoms with Gasteiger partial charge in [-0.25, -0.2) is 4.39 Å². The van der Waals surface area contributed by atoms with Crippen LogP contribution in [0, 0.1) is 35.5 Å². The zero-order valence-electron chi connectivity index (χ0n) is 15.6. The van der Waals surface area contributed by atoms with E-state index in [0.29, 0.717) is 5.92 Å². The van der Waals surface area contributed by atoms with E-state index in [2.05, 4.69) is 25.7 Å². The van der Waals surface area contributed by atoms with Crippen molar-refractivity contribution in [1.29, 1.82) is 0 Å². The minimum atomic E-state index is -0.787. The Labute approximate surface area is 147 Å². The maximum absolute atomic E-state index is 14.3. The Morgan fingerprint density at radius 3 is 1.79 bits per heavy atom. The van der Waals surface area contributed by atoms with E-state index in [0.717, 1.165) is 44.4 Å². The Morgan fingerprint density at radius 1 is 0.792 bits per heavy atom. The highest BCUT2D eigenvalue weighted by Gasteiger charge is 2.26. The first-order chi connectivity index (χ1) is 11.6. The summed E-state index contributed by atoms with van der Waals surface area (Å²) in [4.78, 5) is 0. The van der Waals surface area contributed by atoms with E-state index in [9.17, 15) is 8.78 Å². The minimum absolute atomic E-state index is 0.229. The third-order valence-corrected chi connectivity index (χ3v) is 6.04. The second kappa shape index (κ2) is 10.2. The molecule has 0 bridgehead atoms. The highest BCUT2D eigenvalue weighted by atomic mass is 19.2. The SMILES string of the molecule is CCCC1CCC(C#C/C(F)=C(\F)C2CCC(CCC)CC2)CC1. The highest BCUT2D eigenvalue weighted by Crippen LogP contribution is 2.37. The van der Waals surface area contributed by atoms with Gasteiger partial charge in [0.2, 0.25) is 5.83 Å². The van der Waals surface area contributed by atoms with Gasteiger partial charge < -0.3 is 0 Å². The van der Waals surface area contributed by atoms with Crippen LogP contribution in [0.25, 0.3) is 0 Å². The molecule has 0 heterocycles. The smallest absolute Gasteiger partial charge is 0.204 e. The number of halogens is 2. The molecule has 0 aliphatic heterocycles. The average Bonchev–Trinajstić information content (AvgIpc) is 2.61. The van der Waals surface area contributed by atoms with Gasteiger partial charge in [-0.3, -0.25) is 0 Å². The standard InChI is InChI=1S/C22H34F2/c1-3-5-17-7-9-19(10-8-17)13-16-21(23)22(24)20-14-11-18(6-4-2)12-15-20/h17-20H,3-12,14-15H2,1-2H3/b22-21+. The molecule has 0 saturated heterocycles. The molecule has 0 radical (unpaired) electrons. The van der Waals surface area contributed by atoms with Crippen LogP contribution in [0.5, 0.6) is 0 Å². The lowest BCUT2D eigenvalue weighted by Gasteiger charge is -2.27. The molecule has 2 rings (SSSR count). The third kappa shape index (κ3) is 5.91. The van der Waals surface area contributed by atoms with Crippen molar-refractivity contribution in [2.24, 2.45) is 23.7 Å². The van der Waals surface area contributed by atoms with E-state index < -0.39 is 11.7 Å². The lowest BCUT2D eigenvalue weighted by Crippen LogP contribution is -2.15. The summed E-state index contributed by atoms with van der Waals surface area (Å²) in [5, 5.41) is 0. The Kier molecular flexibility index (Phi) is 8.30. The van der Waals surface area contributed by atoms with Crippen molar-refractivity contribution in [3.63, 3.8) is 0 Å². The van der Waals surface area contributed by atoms with Crippen LogP contribution in [0.4, 0.5) is 8.78 Å². The summed E-state index contributed by atoms with van der Waals surface area (Å²) >= 11 is 0. The van der Waals surface area contributed by atoms with Crippen LogP contribution in [0.2, 0.25) is 0 Å². The summed E-state index contributed by atoms with van der Waals surface area (Å²) < 4.78 is 28.4. The van der Waals surface area contributed by atoms with E-state index in [1.165, 1.54) is 38.5 Å². The molecule has 2 aliphatic rings. The van der Waals surface area contributed by atoms with Crippen molar-refractivity contribution in [2.75, 3.05) is 0 Å². The zero-order valence-corrected chi connectivity index (χ0v) is 15.6. The molecule has 0 spiro atoms. The van der Waals surface area contributed by atoms with Crippen molar-refractivity contribution in [1.82, 2.24) is 0 Å². The van der Waals surface area contributed by atoms with Crippen molar-refractivity contribution in [3.8, 4) is 11.8 Å². The summed E-state index contributed by atoms with van der Waals surface area (Å²) in [5.74, 6) is 5.74. The molecule has 2 aliphatic carbocycles. The van der Waals surface area contributed by atoms with Crippen LogP contribution in [0.3, 0.4) is 0 Å². The van der Waals surface area contributed by atoms with Gasteiger partial charge in [-0.2, -0.15) is 4.39 Å². The van der Waals surface area contributed by atoms with Crippen LogP contribution >= 0.6 is 0 Å². The predicted octanol–water partition coefficient (Wildman–Crippen LogP) is 7.35. The first-order valence-corrected chi connectivity index (χ1v) is 10.2. The van der Waals surface area contributed by atoms with Crippen molar-refractivity contribution in [3.05, 3.63) is 11.7 Å². The molecule has 0 atom stereocenters. The van der Waals surface area contributed by atoms with Crippen LogP contribution in [-0.2, 0) is 0 Å². The van der Waals surface area contributed by atoms with Gasteiger partial charge in [-0.05, 0) is 69.1 Å². The summed E-state index contributed by atoms with van der Waals surface area (Å²) in [6, 6.07) is 0. The Balaban J connectivity index is 1.83. The maximum atomic E-state index is 14.3. The van der Waals surface area contributed by atoms with Crippen molar-refractivity contribution < 1.29 is 8.78 Å². The normalized spacial score (nSPS) is 31.8. The predicted molar refractivity (Wildman–Crippen MR) is 97.7 cm³/mol. The second-order valence-electron chi connectivity index (χ2n) is 7.94. The molecule has 0 aromatic carbocycles. The fraction of sp³-hybridized carbons (Fsp3) is 0.818. The van der Waals surface area contributed by atoms with Gasteiger partial charge in [0.25, 0.3) is 0 Å². The van der Waals surface area contributed by atoms with Crippen LogP contribution in [0.1, 0.15) is 90.9 Å². The Bertz CT molecular complexity index is 452. The summed E-state index contributed by atoms with van der Waals surface area (Å²) in [5.41, 5.74) is 0. The minimum Gasteiger partial charge on any atom is -0.208 e. The van der Waals surface area contributed by atoms with E-state index in [4.69, 9.17) is 0 Å². The van der Waals surface area contributed by atoms with Crippen LogP contribution in [-0.4, -0.2) is 0 Å². The lowest BCUT2D eigenvalue weighted by molar-refractivity contribution is 0.257. The van der Waals surface area contributed by atoms with E-state index in [-0.39, 0.29) is 11.8 Å².